The smallest absolute Gasteiger partial charge is 0.310 e. The summed E-state index contributed by atoms with van der Waals surface area (Å²) in [6.07, 6.45) is -5.08. The van der Waals surface area contributed by atoms with Crippen molar-refractivity contribution in [3.8, 4) is 0 Å². The molecule has 1 N–H and O–H groups in total. The van der Waals surface area contributed by atoms with Crippen molar-refractivity contribution >= 4 is 11.6 Å². The number of nitrogens with one attached hydrogen (secondary N) is 1. The van der Waals surface area contributed by atoms with E-state index in [1.54, 1.807) is 25.1 Å². The van der Waals surface area contributed by atoms with Gasteiger partial charge in [0.25, 0.3) is 0 Å². The molecule has 17 heavy (non-hydrogen) atoms. The van der Waals surface area contributed by atoms with Gasteiger partial charge in [-0.25, -0.2) is 0 Å². The predicted molar refractivity (Wildman–Crippen MR) is 63.3 cm³/mol. The van der Waals surface area contributed by atoms with Crippen molar-refractivity contribution in [3.63, 3.8) is 0 Å². The van der Waals surface area contributed by atoms with E-state index in [4.69, 9.17) is 11.6 Å². The zero-order valence-corrected chi connectivity index (χ0v) is 10.5. The van der Waals surface area contributed by atoms with Crippen molar-refractivity contribution in [2.45, 2.75) is 32.5 Å². The maximum Gasteiger partial charge on any atom is 0.390 e. The van der Waals surface area contributed by atoms with Crippen LogP contribution < -0.4 is 5.32 Å². The van der Waals surface area contributed by atoms with Crippen LogP contribution in [0.4, 0.5) is 13.2 Å². The lowest BCUT2D eigenvalue weighted by Gasteiger charge is -2.20. The second-order valence-electron chi connectivity index (χ2n) is 3.94. The van der Waals surface area contributed by atoms with Crippen molar-refractivity contribution in [1.82, 2.24) is 5.32 Å². The fourth-order valence-corrected chi connectivity index (χ4v) is 1.80. The lowest BCUT2D eigenvalue weighted by molar-refractivity contribution is -0.140. The summed E-state index contributed by atoms with van der Waals surface area (Å²) in [4.78, 5) is 0. The lowest BCUT2D eigenvalue weighted by Crippen LogP contribution is -2.26. The molecule has 0 amide bonds. The van der Waals surface area contributed by atoms with E-state index in [0.29, 0.717) is 17.1 Å². The van der Waals surface area contributed by atoms with E-state index < -0.39 is 18.6 Å². The molecule has 5 heteroatoms. The molecule has 1 atom stereocenters. The molecule has 0 bridgehead atoms. The summed E-state index contributed by atoms with van der Waals surface area (Å²) in [5.41, 5.74) is 1.43. The molecule has 0 heterocycles. The van der Waals surface area contributed by atoms with Crippen LogP contribution >= 0.6 is 11.6 Å². The summed E-state index contributed by atoms with van der Waals surface area (Å²) in [5, 5.41) is 3.32. The molecule has 1 unspecified atom stereocenters. The molecule has 0 fully saturated rings. The van der Waals surface area contributed by atoms with Gasteiger partial charge in [0, 0.05) is 11.1 Å². The molecule has 0 saturated heterocycles. The number of halogens is 4. The number of aryl methyl sites for hydroxylation is 1. The third-order valence-electron chi connectivity index (χ3n) is 2.48. The van der Waals surface area contributed by atoms with Crippen LogP contribution in [0.1, 0.15) is 30.5 Å². The molecule has 1 aromatic rings. The van der Waals surface area contributed by atoms with E-state index in [0.717, 1.165) is 5.56 Å². The highest BCUT2D eigenvalue weighted by Gasteiger charge is 2.32. The van der Waals surface area contributed by atoms with Gasteiger partial charge < -0.3 is 5.32 Å². The Balaban J connectivity index is 2.93. The van der Waals surface area contributed by atoms with E-state index in [-0.39, 0.29) is 0 Å². The van der Waals surface area contributed by atoms with Crippen LogP contribution in [0.5, 0.6) is 0 Å². The highest BCUT2D eigenvalue weighted by atomic mass is 35.5. The zero-order valence-electron chi connectivity index (χ0n) is 9.74. The van der Waals surface area contributed by atoms with Gasteiger partial charge in [0.1, 0.15) is 0 Å². The number of rotatable bonds is 4. The Hall–Kier alpha value is -0.740. The normalized spacial score (nSPS) is 13.8. The van der Waals surface area contributed by atoms with Crippen LogP contribution in [0.15, 0.2) is 18.2 Å². The van der Waals surface area contributed by atoms with Crippen LogP contribution in [0.3, 0.4) is 0 Å². The van der Waals surface area contributed by atoms with Crippen molar-refractivity contribution in [2.75, 3.05) is 6.54 Å². The van der Waals surface area contributed by atoms with Crippen LogP contribution in [-0.4, -0.2) is 12.7 Å². The largest absolute Gasteiger partial charge is 0.390 e. The Morgan fingerprint density at radius 2 is 2.00 bits per heavy atom. The highest BCUT2D eigenvalue weighted by Crippen LogP contribution is 2.31. The second kappa shape index (κ2) is 5.74. The van der Waals surface area contributed by atoms with Gasteiger partial charge in [0.05, 0.1) is 6.42 Å². The third-order valence-corrected chi connectivity index (χ3v) is 2.89. The molecule has 96 valence electrons. The number of benzene rings is 1. The van der Waals surface area contributed by atoms with Gasteiger partial charge in [0.15, 0.2) is 0 Å². The fraction of sp³-hybridized carbons (Fsp3) is 0.500. The van der Waals surface area contributed by atoms with E-state index in [2.05, 4.69) is 5.32 Å². The standard InChI is InChI=1S/C12H15ClF3N/c1-3-17-11(7-12(14,15)16)9-5-4-8(2)10(13)6-9/h4-6,11,17H,3,7H2,1-2H3. The summed E-state index contributed by atoms with van der Waals surface area (Å²) in [5.74, 6) is 0. The molecule has 1 aromatic carbocycles. The monoisotopic (exact) mass is 265 g/mol. The van der Waals surface area contributed by atoms with Crippen LogP contribution in [0.2, 0.25) is 5.02 Å². The van der Waals surface area contributed by atoms with E-state index in [9.17, 15) is 13.2 Å². The first-order chi connectivity index (χ1) is 7.83. The quantitative estimate of drug-likeness (QED) is 0.858. The Kier molecular flexibility index (Phi) is 4.83. The maximum absolute atomic E-state index is 12.4. The molecule has 1 rings (SSSR count). The summed E-state index contributed by atoms with van der Waals surface area (Å²) in [6.45, 7) is 4.07. The van der Waals surface area contributed by atoms with Gasteiger partial charge in [-0.1, -0.05) is 30.7 Å². The van der Waals surface area contributed by atoms with Crippen molar-refractivity contribution in [1.29, 1.82) is 0 Å². The zero-order chi connectivity index (χ0) is 13.1. The number of alkyl halides is 3. The number of hydrogen-bond acceptors (Lipinski definition) is 1. The summed E-state index contributed by atoms with van der Waals surface area (Å²) in [6, 6.07) is 4.27. The third kappa shape index (κ3) is 4.56. The van der Waals surface area contributed by atoms with Gasteiger partial charge in [-0.2, -0.15) is 13.2 Å². The van der Waals surface area contributed by atoms with E-state index in [1.807, 2.05) is 6.92 Å². The van der Waals surface area contributed by atoms with Crippen molar-refractivity contribution < 1.29 is 13.2 Å². The summed E-state index contributed by atoms with van der Waals surface area (Å²) >= 11 is 5.92. The number of hydrogen-bond donors (Lipinski definition) is 1. The first kappa shape index (κ1) is 14.3. The molecular weight excluding hydrogens is 251 g/mol. The Morgan fingerprint density at radius 1 is 1.35 bits per heavy atom. The van der Waals surface area contributed by atoms with Crippen LogP contribution in [0.25, 0.3) is 0 Å². The SMILES string of the molecule is CCNC(CC(F)(F)F)c1ccc(C)c(Cl)c1. The summed E-state index contributed by atoms with van der Waals surface area (Å²) < 4.78 is 37.3. The minimum Gasteiger partial charge on any atom is -0.310 e. The average molecular weight is 266 g/mol. The molecule has 0 saturated carbocycles. The van der Waals surface area contributed by atoms with Gasteiger partial charge in [0.2, 0.25) is 0 Å². The molecule has 0 spiro atoms. The van der Waals surface area contributed by atoms with Crippen molar-refractivity contribution in [3.05, 3.63) is 34.3 Å². The molecule has 0 radical (unpaired) electrons. The fourth-order valence-electron chi connectivity index (χ4n) is 1.61. The van der Waals surface area contributed by atoms with Gasteiger partial charge >= 0.3 is 6.18 Å². The highest BCUT2D eigenvalue weighted by molar-refractivity contribution is 6.31. The average Bonchev–Trinajstić information content (AvgIpc) is 2.19. The Morgan fingerprint density at radius 3 is 2.47 bits per heavy atom. The first-order valence-corrected chi connectivity index (χ1v) is 5.77. The van der Waals surface area contributed by atoms with Gasteiger partial charge in [-0.05, 0) is 30.7 Å². The maximum atomic E-state index is 12.4. The van der Waals surface area contributed by atoms with Crippen LogP contribution in [-0.2, 0) is 0 Å². The Bertz CT molecular complexity index is 377. The minimum absolute atomic E-state index is 0.478. The van der Waals surface area contributed by atoms with Crippen molar-refractivity contribution in [2.24, 2.45) is 0 Å². The molecule has 0 aliphatic heterocycles. The molecule has 1 nitrogen and oxygen atoms in total. The van der Waals surface area contributed by atoms with Gasteiger partial charge in [-0.3, -0.25) is 0 Å². The second-order valence-corrected chi connectivity index (χ2v) is 4.35. The first-order valence-electron chi connectivity index (χ1n) is 5.39. The molecule has 0 aromatic heterocycles. The summed E-state index contributed by atoms with van der Waals surface area (Å²) in [7, 11) is 0. The minimum atomic E-state index is -4.19. The topological polar surface area (TPSA) is 12.0 Å². The van der Waals surface area contributed by atoms with Gasteiger partial charge in [-0.15, -0.1) is 0 Å². The predicted octanol–water partition coefficient (Wildman–Crippen LogP) is 4.25. The van der Waals surface area contributed by atoms with Crippen LogP contribution in [0, 0.1) is 6.92 Å². The Labute approximate surface area is 104 Å². The van der Waals surface area contributed by atoms with E-state index in [1.165, 1.54) is 0 Å². The lowest BCUT2D eigenvalue weighted by atomic mass is 10.0. The van der Waals surface area contributed by atoms with E-state index >= 15 is 0 Å². The molecular formula is C12H15ClF3N. The molecule has 0 aliphatic rings. The molecule has 0 aliphatic carbocycles.